The summed E-state index contributed by atoms with van der Waals surface area (Å²) in [6.45, 7) is 3.14. The number of nitrogens with zero attached hydrogens (tertiary/aromatic N) is 3. The van der Waals surface area contributed by atoms with Gasteiger partial charge >= 0.3 is 12.2 Å². The molecule has 1 aromatic carbocycles. The molecule has 0 saturated heterocycles. The standard InChI is InChI=1S/C15H13F3N6O2/c1-7-11(12(25)24-13(19-7)20-8(2)23-24)22-14(26)21-10-5-3-4-9(6-10)15(16,17)18/h3-6H,1-2H3,(H,19,20,23)(H2,21,22,26). The number of aryl methyl sites for hydroxylation is 2. The smallest absolute Gasteiger partial charge is 0.308 e. The van der Waals surface area contributed by atoms with E-state index in [1.165, 1.54) is 19.1 Å². The Morgan fingerprint density at radius 3 is 2.62 bits per heavy atom. The highest BCUT2D eigenvalue weighted by Gasteiger charge is 2.30. The van der Waals surface area contributed by atoms with Gasteiger partial charge in [0, 0.05) is 5.69 Å². The highest BCUT2D eigenvalue weighted by atomic mass is 19.4. The fourth-order valence-corrected chi connectivity index (χ4v) is 2.32. The minimum absolute atomic E-state index is 0.0681. The maximum Gasteiger partial charge on any atom is 0.416 e. The number of carbonyl (C=O) groups is 1. The summed E-state index contributed by atoms with van der Waals surface area (Å²) in [5.74, 6) is 0.605. The van der Waals surface area contributed by atoms with Gasteiger partial charge in [0.15, 0.2) is 0 Å². The van der Waals surface area contributed by atoms with Gasteiger partial charge in [-0.25, -0.2) is 9.78 Å². The molecule has 11 heteroatoms. The van der Waals surface area contributed by atoms with Crippen LogP contribution in [0.2, 0.25) is 0 Å². The zero-order chi connectivity index (χ0) is 19.1. The van der Waals surface area contributed by atoms with Gasteiger partial charge in [-0.1, -0.05) is 6.07 Å². The third kappa shape index (κ3) is 3.36. The summed E-state index contributed by atoms with van der Waals surface area (Å²) < 4.78 is 39.2. The molecule has 0 unspecified atom stereocenters. The summed E-state index contributed by atoms with van der Waals surface area (Å²) in [5, 5.41) is 7.25. The molecular formula is C15H13F3N6O2. The quantitative estimate of drug-likeness (QED) is 0.649. The van der Waals surface area contributed by atoms with Crippen LogP contribution in [0.1, 0.15) is 17.1 Å². The molecule has 0 saturated carbocycles. The fourth-order valence-electron chi connectivity index (χ4n) is 2.32. The van der Waals surface area contributed by atoms with Crippen molar-refractivity contribution in [3.05, 3.63) is 51.7 Å². The topological polar surface area (TPSA) is 104 Å². The van der Waals surface area contributed by atoms with Gasteiger partial charge in [0.25, 0.3) is 11.3 Å². The van der Waals surface area contributed by atoms with E-state index in [1.54, 1.807) is 6.92 Å². The average molecular weight is 366 g/mol. The van der Waals surface area contributed by atoms with Crippen LogP contribution in [0.5, 0.6) is 0 Å². The second-order valence-electron chi connectivity index (χ2n) is 5.48. The zero-order valence-corrected chi connectivity index (χ0v) is 13.6. The lowest BCUT2D eigenvalue weighted by Gasteiger charge is -2.11. The van der Waals surface area contributed by atoms with E-state index >= 15 is 0 Å². The summed E-state index contributed by atoms with van der Waals surface area (Å²) in [4.78, 5) is 32.6. The molecule has 2 heterocycles. The number of nitrogens with one attached hydrogen (secondary N) is 3. The second-order valence-corrected chi connectivity index (χ2v) is 5.48. The SMILES string of the molecule is Cc1nc2nc(C)c(NC(=O)Nc3cccc(C(F)(F)F)c3)c(=O)n2[nH]1. The van der Waals surface area contributed by atoms with Crippen LogP contribution in [0.3, 0.4) is 0 Å². The lowest BCUT2D eigenvalue weighted by molar-refractivity contribution is -0.137. The van der Waals surface area contributed by atoms with Gasteiger partial charge in [-0.2, -0.15) is 22.7 Å². The van der Waals surface area contributed by atoms with E-state index < -0.39 is 23.3 Å². The van der Waals surface area contributed by atoms with Crippen molar-refractivity contribution in [2.75, 3.05) is 10.6 Å². The number of hydrogen-bond acceptors (Lipinski definition) is 4. The number of aromatic nitrogens is 4. The van der Waals surface area contributed by atoms with Crippen LogP contribution in [-0.4, -0.2) is 25.6 Å². The average Bonchev–Trinajstić information content (AvgIpc) is 2.91. The van der Waals surface area contributed by atoms with Crippen molar-refractivity contribution in [3.8, 4) is 0 Å². The molecule has 26 heavy (non-hydrogen) atoms. The molecule has 3 N–H and O–H groups in total. The van der Waals surface area contributed by atoms with Crippen molar-refractivity contribution < 1.29 is 18.0 Å². The van der Waals surface area contributed by atoms with Gasteiger partial charge in [-0.05, 0) is 32.0 Å². The first-order valence-corrected chi connectivity index (χ1v) is 7.36. The highest BCUT2D eigenvalue weighted by molar-refractivity contribution is 6.00. The maximum atomic E-state index is 12.7. The van der Waals surface area contributed by atoms with Crippen molar-refractivity contribution in [1.82, 2.24) is 19.6 Å². The minimum Gasteiger partial charge on any atom is -0.308 e. The van der Waals surface area contributed by atoms with Crippen molar-refractivity contribution in [3.63, 3.8) is 0 Å². The predicted octanol–water partition coefficient (Wildman–Crippen LogP) is 2.70. The number of amides is 2. The first kappa shape index (κ1) is 17.5. The largest absolute Gasteiger partial charge is 0.416 e. The molecule has 0 spiro atoms. The van der Waals surface area contributed by atoms with Crippen LogP contribution in [0.25, 0.3) is 5.78 Å². The molecule has 0 atom stereocenters. The van der Waals surface area contributed by atoms with Gasteiger partial charge in [-0.3, -0.25) is 9.89 Å². The fraction of sp³-hybridized carbons (Fsp3) is 0.200. The Balaban J connectivity index is 1.85. The second kappa shape index (κ2) is 6.17. The first-order valence-electron chi connectivity index (χ1n) is 7.36. The van der Waals surface area contributed by atoms with Crippen LogP contribution in [0.4, 0.5) is 29.3 Å². The molecule has 2 aromatic heterocycles. The molecule has 0 aliphatic rings. The van der Waals surface area contributed by atoms with Crippen LogP contribution in [0, 0.1) is 13.8 Å². The van der Waals surface area contributed by atoms with Crippen molar-refractivity contribution in [2.45, 2.75) is 20.0 Å². The van der Waals surface area contributed by atoms with E-state index in [-0.39, 0.29) is 22.8 Å². The molecule has 8 nitrogen and oxygen atoms in total. The monoisotopic (exact) mass is 366 g/mol. The van der Waals surface area contributed by atoms with Gasteiger partial charge < -0.3 is 10.6 Å². The number of urea groups is 1. The summed E-state index contributed by atoms with van der Waals surface area (Å²) in [6, 6.07) is 3.27. The number of carbonyl (C=O) groups excluding carboxylic acids is 1. The Labute approximate surface area is 144 Å². The molecule has 0 aliphatic heterocycles. The Bertz CT molecular complexity index is 1050. The summed E-state index contributed by atoms with van der Waals surface area (Å²) in [6.07, 6.45) is -4.53. The van der Waals surface area contributed by atoms with Gasteiger partial charge in [0.2, 0.25) is 0 Å². The number of alkyl halides is 3. The Hall–Kier alpha value is -3.37. The predicted molar refractivity (Wildman–Crippen MR) is 87.2 cm³/mol. The molecule has 3 rings (SSSR count). The number of halogens is 3. The summed E-state index contributed by atoms with van der Waals surface area (Å²) >= 11 is 0. The normalized spacial score (nSPS) is 11.6. The Morgan fingerprint density at radius 2 is 1.92 bits per heavy atom. The van der Waals surface area contributed by atoms with E-state index in [1.807, 2.05) is 0 Å². The molecule has 0 fully saturated rings. The van der Waals surface area contributed by atoms with Crippen molar-refractivity contribution >= 4 is 23.2 Å². The molecule has 3 aromatic rings. The third-order valence-corrected chi connectivity index (χ3v) is 3.47. The van der Waals surface area contributed by atoms with E-state index in [4.69, 9.17) is 0 Å². The van der Waals surface area contributed by atoms with Crippen LogP contribution in [0.15, 0.2) is 29.1 Å². The zero-order valence-electron chi connectivity index (χ0n) is 13.6. The number of fused-ring (bicyclic) bond motifs is 1. The number of hydrogen-bond donors (Lipinski definition) is 3. The van der Waals surface area contributed by atoms with Gasteiger partial charge in [0.05, 0.1) is 11.3 Å². The molecule has 0 aliphatic carbocycles. The highest BCUT2D eigenvalue weighted by Crippen LogP contribution is 2.30. The lowest BCUT2D eigenvalue weighted by atomic mass is 10.2. The lowest BCUT2D eigenvalue weighted by Crippen LogP contribution is -2.28. The minimum atomic E-state index is -4.53. The number of rotatable bonds is 2. The molecule has 0 bridgehead atoms. The third-order valence-electron chi connectivity index (χ3n) is 3.47. The summed E-state index contributed by atoms with van der Waals surface area (Å²) in [7, 11) is 0. The van der Waals surface area contributed by atoms with E-state index in [2.05, 4.69) is 25.7 Å². The Morgan fingerprint density at radius 1 is 1.19 bits per heavy atom. The van der Waals surface area contributed by atoms with Crippen LogP contribution >= 0.6 is 0 Å². The summed E-state index contributed by atoms with van der Waals surface area (Å²) in [5.41, 5.74) is -1.45. The number of benzene rings is 1. The molecule has 2 amide bonds. The van der Waals surface area contributed by atoms with E-state index in [0.717, 1.165) is 16.6 Å². The van der Waals surface area contributed by atoms with E-state index in [0.29, 0.717) is 5.82 Å². The molecule has 0 radical (unpaired) electrons. The first-order chi connectivity index (χ1) is 12.1. The van der Waals surface area contributed by atoms with Gasteiger partial charge in [-0.15, -0.1) is 0 Å². The van der Waals surface area contributed by atoms with Crippen LogP contribution < -0.4 is 16.2 Å². The number of H-pyrrole nitrogens is 1. The molecular weight excluding hydrogens is 353 g/mol. The van der Waals surface area contributed by atoms with Gasteiger partial charge in [0.1, 0.15) is 11.5 Å². The molecule has 136 valence electrons. The number of aromatic amines is 1. The Kier molecular flexibility index (Phi) is 4.14. The van der Waals surface area contributed by atoms with Crippen LogP contribution in [-0.2, 0) is 6.18 Å². The van der Waals surface area contributed by atoms with E-state index in [9.17, 15) is 22.8 Å². The number of anilines is 2. The van der Waals surface area contributed by atoms with Crippen molar-refractivity contribution in [2.24, 2.45) is 0 Å². The maximum absolute atomic E-state index is 12.7. The van der Waals surface area contributed by atoms with Crippen molar-refractivity contribution in [1.29, 1.82) is 0 Å².